The number of nitrogens with one attached hydrogen (secondary N) is 2. The molecule has 138 valence electrons. The Bertz CT molecular complexity index is 445. The monoisotopic (exact) mass is 347 g/mol. The van der Waals surface area contributed by atoms with Gasteiger partial charge in [0.2, 0.25) is 0 Å². The van der Waals surface area contributed by atoms with Gasteiger partial charge in [0.15, 0.2) is 5.96 Å². The van der Waals surface area contributed by atoms with Gasteiger partial charge in [-0.1, -0.05) is 46.5 Å². The van der Waals surface area contributed by atoms with Crippen molar-refractivity contribution < 1.29 is 8.42 Å². The fourth-order valence-corrected chi connectivity index (χ4v) is 3.17. The molecule has 0 aliphatic rings. The third-order valence-electron chi connectivity index (χ3n) is 3.98. The summed E-state index contributed by atoms with van der Waals surface area (Å²) in [6.45, 7) is 9.25. The van der Waals surface area contributed by atoms with Crippen LogP contribution >= 0.6 is 0 Å². The average molecular weight is 348 g/mol. The van der Waals surface area contributed by atoms with Gasteiger partial charge in [-0.2, -0.15) is 0 Å². The zero-order valence-electron chi connectivity index (χ0n) is 15.9. The molecule has 0 radical (unpaired) electrons. The topological polar surface area (TPSA) is 70.6 Å². The van der Waals surface area contributed by atoms with Gasteiger partial charge >= 0.3 is 0 Å². The van der Waals surface area contributed by atoms with E-state index in [9.17, 15) is 8.42 Å². The van der Waals surface area contributed by atoms with Crippen LogP contribution in [0.25, 0.3) is 0 Å². The molecule has 0 aromatic heterocycles. The van der Waals surface area contributed by atoms with Crippen LogP contribution in [0.1, 0.15) is 66.2 Å². The molecule has 0 heterocycles. The Labute approximate surface area is 143 Å². The standard InChI is InChI=1S/C17H37N3O2S/c1-7-8-9-10-11-15(2)20-16(18-5)19-14-17(3,4)12-13-23(6,21)22/h15H,7-14H2,1-6H3,(H2,18,19,20). The van der Waals surface area contributed by atoms with Gasteiger partial charge in [-0.25, -0.2) is 8.42 Å². The van der Waals surface area contributed by atoms with E-state index in [-0.39, 0.29) is 11.2 Å². The van der Waals surface area contributed by atoms with Crippen molar-refractivity contribution in [2.75, 3.05) is 25.6 Å². The highest BCUT2D eigenvalue weighted by Gasteiger charge is 2.20. The van der Waals surface area contributed by atoms with Gasteiger partial charge in [0.05, 0.1) is 5.75 Å². The second-order valence-electron chi connectivity index (χ2n) is 7.36. The van der Waals surface area contributed by atoms with Crippen LogP contribution in [0.5, 0.6) is 0 Å². The third-order valence-corrected chi connectivity index (χ3v) is 4.93. The number of sulfone groups is 1. The van der Waals surface area contributed by atoms with Crippen LogP contribution in [0.2, 0.25) is 0 Å². The van der Waals surface area contributed by atoms with Gasteiger partial charge in [0, 0.05) is 25.9 Å². The molecule has 0 bridgehead atoms. The Balaban J connectivity index is 4.18. The van der Waals surface area contributed by atoms with Crippen molar-refractivity contribution in [3.63, 3.8) is 0 Å². The molecule has 0 fully saturated rings. The van der Waals surface area contributed by atoms with Crippen molar-refractivity contribution in [3.05, 3.63) is 0 Å². The summed E-state index contributed by atoms with van der Waals surface area (Å²) >= 11 is 0. The highest BCUT2D eigenvalue weighted by molar-refractivity contribution is 7.90. The predicted molar refractivity (Wildman–Crippen MR) is 101 cm³/mol. The lowest BCUT2D eigenvalue weighted by Crippen LogP contribution is -2.45. The molecule has 0 aliphatic heterocycles. The highest BCUT2D eigenvalue weighted by Crippen LogP contribution is 2.19. The molecule has 0 rings (SSSR count). The van der Waals surface area contributed by atoms with E-state index in [1.807, 2.05) is 0 Å². The first kappa shape index (κ1) is 22.2. The summed E-state index contributed by atoms with van der Waals surface area (Å²) in [6, 6.07) is 0.386. The van der Waals surface area contributed by atoms with Crippen molar-refractivity contribution in [1.82, 2.24) is 10.6 Å². The Hall–Kier alpha value is -0.780. The highest BCUT2D eigenvalue weighted by atomic mass is 32.2. The smallest absolute Gasteiger partial charge is 0.191 e. The summed E-state index contributed by atoms with van der Waals surface area (Å²) in [5.74, 6) is 1.02. The van der Waals surface area contributed by atoms with Gasteiger partial charge < -0.3 is 10.6 Å². The molecule has 0 aliphatic carbocycles. The zero-order chi connectivity index (χ0) is 17.9. The van der Waals surface area contributed by atoms with E-state index in [0.717, 1.165) is 12.4 Å². The first-order chi connectivity index (χ1) is 10.6. The lowest BCUT2D eigenvalue weighted by Gasteiger charge is -2.26. The zero-order valence-corrected chi connectivity index (χ0v) is 16.7. The Kier molecular flexibility index (Phi) is 10.5. The summed E-state index contributed by atoms with van der Waals surface area (Å²) in [5, 5.41) is 6.73. The van der Waals surface area contributed by atoms with Gasteiger partial charge in [0.1, 0.15) is 9.84 Å². The van der Waals surface area contributed by atoms with Gasteiger partial charge in [0.25, 0.3) is 0 Å². The molecule has 1 atom stereocenters. The maximum Gasteiger partial charge on any atom is 0.191 e. The van der Waals surface area contributed by atoms with E-state index >= 15 is 0 Å². The molecule has 0 spiro atoms. The van der Waals surface area contributed by atoms with Gasteiger partial charge in [-0.15, -0.1) is 0 Å². The number of rotatable bonds is 11. The van der Waals surface area contributed by atoms with Crippen molar-refractivity contribution >= 4 is 15.8 Å². The molecule has 23 heavy (non-hydrogen) atoms. The first-order valence-electron chi connectivity index (χ1n) is 8.74. The molecule has 0 saturated carbocycles. The predicted octanol–water partition coefficient (Wildman–Crippen LogP) is 2.97. The molecule has 0 aromatic carbocycles. The fourth-order valence-electron chi connectivity index (χ4n) is 2.25. The van der Waals surface area contributed by atoms with Crippen molar-refractivity contribution in [2.45, 2.75) is 72.3 Å². The minimum atomic E-state index is -2.91. The molecule has 0 amide bonds. The summed E-state index contributed by atoms with van der Waals surface area (Å²) in [5.41, 5.74) is -0.0922. The Morgan fingerprint density at radius 1 is 1.22 bits per heavy atom. The molecular formula is C17H37N3O2S. The maximum absolute atomic E-state index is 11.3. The molecule has 0 saturated heterocycles. The number of hydrogen-bond acceptors (Lipinski definition) is 3. The van der Waals surface area contributed by atoms with E-state index < -0.39 is 9.84 Å². The van der Waals surface area contributed by atoms with Crippen LogP contribution in [0.4, 0.5) is 0 Å². The van der Waals surface area contributed by atoms with Crippen LogP contribution < -0.4 is 10.6 Å². The van der Waals surface area contributed by atoms with E-state index in [1.165, 1.54) is 31.9 Å². The van der Waals surface area contributed by atoms with Crippen LogP contribution in [-0.2, 0) is 9.84 Å². The number of hydrogen-bond donors (Lipinski definition) is 2. The second kappa shape index (κ2) is 10.9. The number of nitrogens with zero attached hydrogens (tertiary/aromatic N) is 1. The number of unbranched alkanes of at least 4 members (excludes halogenated alkanes) is 3. The van der Waals surface area contributed by atoms with Crippen molar-refractivity contribution in [2.24, 2.45) is 10.4 Å². The summed E-state index contributed by atoms with van der Waals surface area (Å²) in [7, 11) is -1.14. The normalized spacial score (nSPS) is 14.6. The summed E-state index contributed by atoms with van der Waals surface area (Å²) in [6.07, 6.45) is 8.14. The van der Waals surface area contributed by atoms with Gasteiger partial charge in [-0.05, 0) is 25.2 Å². The van der Waals surface area contributed by atoms with Crippen LogP contribution in [0, 0.1) is 5.41 Å². The van der Waals surface area contributed by atoms with Crippen LogP contribution in [0.3, 0.4) is 0 Å². The van der Waals surface area contributed by atoms with Crippen LogP contribution in [-0.4, -0.2) is 46.0 Å². The second-order valence-corrected chi connectivity index (χ2v) is 9.62. The van der Waals surface area contributed by atoms with E-state index in [4.69, 9.17) is 0 Å². The molecule has 2 N–H and O–H groups in total. The van der Waals surface area contributed by atoms with Crippen LogP contribution in [0.15, 0.2) is 4.99 Å². The van der Waals surface area contributed by atoms with Crippen molar-refractivity contribution in [3.8, 4) is 0 Å². The van der Waals surface area contributed by atoms with Gasteiger partial charge in [-0.3, -0.25) is 4.99 Å². The molecule has 5 nitrogen and oxygen atoms in total. The molecule has 1 unspecified atom stereocenters. The van der Waals surface area contributed by atoms with E-state index in [2.05, 4.69) is 43.3 Å². The Morgan fingerprint density at radius 2 is 1.87 bits per heavy atom. The number of aliphatic imine (C=N–C) groups is 1. The van der Waals surface area contributed by atoms with Crippen molar-refractivity contribution in [1.29, 1.82) is 0 Å². The minimum absolute atomic E-state index is 0.0922. The average Bonchev–Trinajstić information content (AvgIpc) is 2.45. The summed E-state index contributed by atoms with van der Waals surface area (Å²) in [4.78, 5) is 4.26. The SMILES string of the molecule is CCCCCCC(C)NC(=NC)NCC(C)(C)CCS(C)(=O)=O. The lowest BCUT2D eigenvalue weighted by atomic mass is 9.90. The third kappa shape index (κ3) is 13.4. The maximum atomic E-state index is 11.3. The van der Waals surface area contributed by atoms with E-state index in [1.54, 1.807) is 7.05 Å². The molecule has 0 aromatic rings. The minimum Gasteiger partial charge on any atom is -0.356 e. The fraction of sp³-hybridized carbons (Fsp3) is 0.941. The molecular weight excluding hydrogens is 310 g/mol. The van der Waals surface area contributed by atoms with E-state index in [0.29, 0.717) is 19.0 Å². The Morgan fingerprint density at radius 3 is 2.39 bits per heavy atom. The molecule has 6 heteroatoms. The summed E-state index contributed by atoms with van der Waals surface area (Å²) < 4.78 is 22.6. The first-order valence-corrected chi connectivity index (χ1v) is 10.8. The lowest BCUT2D eigenvalue weighted by molar-refractivity contribution is 0.347. The number of guanidine groups is 1. The quantitative estimate of drug-likeness (QED) is 0.342. The largest absolute Gasteiger partial charge is 0.356 e.